The van der Waals surface area contributed by atoms with Gasteiger partial charge in [0.1, 0.15) is 6.17 Å². The summed E-state index contributed by atoms with van der Waals surface area (Å²) >= 11 is 0. The fourth-order valence-electron chi connectivity index (χ4n) is 5.09. The summed E-state index contributed by atoms with van der Waals surface area (Å²) < 4.78 is 5.15. The average Bonchev–Trinajstić information content (AvgIpc) is 3.08. The number of unbranched alkanes of at least 4 members (excludes halogenated alkanes) is 3. The number of urea groups is 1. The topological polar surface area (TPSA) is 65.1 Å². The minimum atomic E-state index is -0.237. The van der Waals surface area contributed by atoms with Crippen LogP contribution < -0.4 is 10.2 Å². The van der Waals surface area contributed by atoms with Gasteiger partial charge in [-0.25, -0.2) is 4.79 Å². The standard InChI is InChI=1S/C26H42N4O3/c1-4-5-6-8-11-23(25(31)33-3)20-29-21(2)30(24-12-9-7-10-13-24)26(32)28(29)19-16-22-14-17-27-18-15-22/h7,9-10,12-13,21-23,27H,4-6,8,11,14-20H2,1-3H3. The first-order valence-electron chi connectivity index (χ1n) is 12.8. The molecule has 2 heterocycles. The number of rotatable bonds is 12. The first-order chi connectivity index (χ1) is 16.1. The molecule has 2 fully saturated rings. The van der Waals surface area contributed by atoms with Crippen molar-refractivity contribution in [1.82, 2.24) is 15.3 Å². The van der Waals surface area contributed by atoms with Crippen LogP contribution in [0.2, 0.25) is 0 Å². The molecule has 0 bridgehead atoms. The quantitative estimate of drug-likeness (QED) is 0.365. The molecular weight excluding hydrogens is 416 g/mol. The number of carbonyl (C=O) groups excluding carboxylic acids is 2. The van der Waals surface area contributed by atoms with Crippen molar-refractivity contribution in [2.24, 2.45) is 11.8 Å². The molecule has 0 radical (unpaired) electrons. The first-order valence-corrected chi connectivity index (χ1v) is 12.8. The summed E-state index contributed by atoms with van der Waals surface area (Å²) in [7, 11) is 1.46. The van der Waals surface area contributed by atoms with Gasteiger partial charge in [0.2, 0.25) is 0 Å². The Labute approximate surface area is 199 Å². The number of hydrogen-bond donors (Lipinski definition) is 1. The second kappa shape index (κ2) is 12.9. The largest absolute Gasteiger partial charge is 0.469 e. The number of methoxy groups -OCH3 is 1. The van der Waals surface area contributed by atoms with E-state index in [0.29, 0.717) is 19.0 Å². The molecule has 7 nitrogen and oxygen atoms in total. The van der Waals surface area contributed by atoms with Gasteiger partial charge in [-0.05, 0) is 63.7 Å². The second-order valence-corrected chi connectivity index (χ2v) is 9.42. The van der Waals surface area contributed by atoms with Crippen LogP contribution >= 0.6 is 0 Å². The van der Waals surface area contributed by atoms with Crippen LogP contribution in [0.3, 0.4) is 0 Å². The van der Waals surface area contributed by atoms with Crippen LogP contribution in [0.1, 0.15) is 65.2 Å². The fraction of sp³-hybridized carbons (Fsp3) is 0.692. The summed E-state index contributed by atoms with van der Waals surface area (Å²) in [5.41, 5.74) is 0.891. The number of nitrogens with one attached hydrogen (secondary N) is 1. The number of para-hydroxylation sites is 1. The highest BCUT2D eigenvalue weighted by Crippen LogP contribution is 2.31. The zero-order valence-corrected chi connectivity index (χ0v) is 20.7. The van der Waals surface area contributed by atoms with E-state index >= 15 is 0 Å². The molecule has 2 atom stereocenters. The highest BCUT2D eigenvalue weighted by atomic mass is 16.5. The number of hydrazine groups is 1. The molecular formula is C26H42N4O3. The molecule has 2 amide bonds. The number of piperidine rings is 1. The van der Waals surface area contributed by atoms with Gasteiger partial charge in [0.15, 0.2) is 0 Å². The number of amides is 2. The van der Waals surface area contributed by atoms with Gasteiger partial charge in [-0.15, -0.1) is 0 Å². The van der Waals surface area contributed by atoms with E-state index in [1.807, 2.05) is 40.2 Å². The monoisotopic (exact) mass is 458 g/mol. The molecule has 0 aliphatic carbocycles. The number of hydrogen-bond acceptors (Lipinski definition) is 5. The minimum absolute atomic E-state index is 0.00256. The van der Waals surface area contributed by atoms with Crippen LogP contribution in [-0.4, -0.2) is 61.5 Å². The van der Waals surface area contributed by atoms with Crippen LogP contribution in [0.15, 0.2) is 30.3 Å². The van der Waals surface area contributed by atoms with Crippen molar-refractivity contribution in [3.05, 3.63) is 30.3 Å². The van der Waals surface area contributed by atoms with Crippen molar-refractivity contribution in [1.29, 1.82) is 0 Å². The van der Waals surface area contributed by atoms with Crippen molar-refractivity contribution in [2.75, 3.05) is 38.2 Å². The van der Waals surface area contributed by atoms with E-state index in [9.17, 15) is 9.59 Å². The zero-order valence-electron chi connectivity index (χ0n) is 20.7. The molecule has 2 aliphatic rings. The van der Waals surface area contributed by atoms with Crippen molar-refractivity contribution < 1.29 is 14.3 Å². The Morgan fingerprint density at radius 3 is 2.55 bits per heavy atom. The molecule has 2 saturated heterocycles. The number of nitrogens with zero attached hydrogens (tertiary/aromatic N) is 3. The number of carbonyl (C=O) groups is 2. The highest BCUT2D eigenvalue weighted by Gasteiger charge is 2.44. The average molecular weight is 459 g/mol. The van der Waals surface area contributed by atoms with Crippen LogP contribution in [0.25, 0.3) is 0 Å². The number of anilines is 1. The molecule has 7 heteroatoms. The lowest BCUT2D eigenvalue weighted by Gasteiger charge is -2.33. The van der Waals surface area contributed by atoms with Crippen LogP contribution in [0, 0.1) is 11.8 Å². The summed E-state index contributed by atoms with van der Waals surface area (Å²) in [4.78, 5) is 28.1. The van der Waals surface area contributed by atoms with Gasteiger partial charge in [-0.3, -0.25) is 14.7 Å². The number of benzene rings is 1. The Morgan fingerprint density at radius 2 is 1.88 bits per heavy atom. The van der Waals surface area contributed by atoms with Crippen molar-refractivity contribution in [2.45, 2.75) is 71.4 Å². The van der Waals surface area contributed by atoms with E-state index in [1.54, 1.807) is 0 Å². The number of esters is 1. The zero-order chi connectivity index (χ0) is 23.6. The second-order valence-electron chi connectivity index (χ2n) is 9.42. The minimum Gasteiger partial charge on any atom is -0.469 e. The highest BCUT2D eigenvalue weighted by molar-refractivity contribution is 5.94. The van der Waals surface area contributed by atoms with E-state index in [0.717, 1.165) is 63.7 Å². The van der Waals surface area contributed by atoms with E-state index in [2.05, 4.69) is 24.2 Å². The summed E-state index contributed by atoms with van der Waals surface area (Å²) in [5, 5.41) is 7.42. The van der Waals surface area contributed by atoms with Crippen LogP contribution in [0.5, 0.6) is 0 Å². The maximum absolute atomic E-state index is 13.6. The molecule has 3 rings (SSSR count). The molecule has 33 heavy (non-hydrogen) atoms. The van der Waals surface area contributed by atoms with Gasteiger partial charge in [0.05, 0.1) is 13.0 Å². The number of ether oxygens (including phenoxy) is 1. The molecule has 0 saturated carbocycles. The van der Waals surface area contributed by atoms with Crippen molar-refractivity contribution in [3.63, 3.8) is 0 Å². The predicted octanol–water partition coefficient (Wildman–Crippen LogP) is 4.64. The lowest BCUT2D eigenvalue weighted by Crippen LogP contribution is -2.46. The Bertz CT molecular complexity index is 738. The third kappa shape index (κ3) is 6.70. The van der Waals surface area contributed by atoms with Gasteiger partial charge < -0.3 is 10.1 Å². The van der Waals surface area contributed by atoms with E-state index in [-0.39, 0.29) is 24.1 Å². The van der Waals surface area contributed by atoms with Crippen molar-refractivity contribution >= 4 is 17.7 Å². The third-order valence-corrected chi connectivity index (χ3v) is 7.13. The summed E-state index contributed by atoms with van der Waals surface area (Å²) in [6.45, 7) is 7.53. The molecule has 0 aromatic heterocycles. The molecule has 0 spiro atoms. The predicted molar refractivity (Wildman–Crippen MR) is 132 cm³/mol. The van der Waals surface area contributed by atoms with Gasteiger partial charge in [0.25, 0.3) is 0 Å². The lowest BCUT2D eigenvalue weighted by molar-refractivity contribution is -0.148. The molecule has 1 aromatic rings. The van der Waals surface area contributed by atoms with Gasteiger partial charge in [-0.1, -0.05) is 50.8 Å². The first kappa shape index (κ1) is 25.5. The molecule has 2 aliphatic heterocycles. The van der Waals surface area contributed by atoms with Gasteiger partial charge in [-0.2, -0.15) is 5.01 Å². The normalized spacial score (nSPS) is 20.9. The fourth-order valence-corrected chi connectivity index (χ4v) is 5.09. The molecule has 1 aromatic carbocycles. The van der Waals surface area contributed by atoms with E-state index < -0.39 is 0 Å². The summed E-state index contributed by atoms with van der Waals surface area (Å²) in [6.07, 6.45) is 8.39. The lowest BCUT2D eigenvalue weighted by atomic mass is 9.95. The maximum Gasteiger partial charge on any atom is 0.340 e. The molecule has 184 valence electrons. The van der Waals surface area contributed by atoms with Crippen LogP contribution in [0.4, 0.5) is 10.5 Å². The van der Waals surface area contributed by atoms with Crippen LogP contribution in [-0.2, 0) is 9.53 Å². The Hall–Kier alpha value is -2.12. The van der Waals surface area contributed by atoms with E-state index in [4.69, 9.17) is 4.74 Å². The molecule has 1 N–H and O–H groups in total. The summed E-state index contributed by atoms with van der Waals surface area (Å²) in [6, 6.07) is 9.84. The third-order valence-electron chi connectivity index (χ3n) is 7.13. The Kier molecular flexibility index (Phi) is 10.0. The van der Waals surface area contributed by atoms with Gasteiger partial charge in [0, 0.05) is 18.8 Å². The SMILES string of the molecule is CCCCCCC(CN1C(C)N(c2ccccc2)C(=O)N1CCC1CCNCC1)C(=O)OC. The maximum atomic E-state index is 13.6. The Morgan fingerprint density at radius 1 is 1.15 bits per heavy atom. The van der Waals surface area contributed by atoms with Crippen molar-refractivity contribution in [3.8, 4) is 0 Å². The molecule has 2 unspecified atom stereocenters. The smallest absolute Gasteiger partial charge is 0.340 e. The summed E-state index contributed by atoms with van der Waals surface area (Å²) in [5.74, 6) is 0.217. The van der Waals surface area contributed by atoms with E-state index in [1.165, 1.54) is 13.5 Å². The Balaban J connectivity index is 1.76. The van der Waals surface area contributed by atoms with Gasteiger partial charge >= 0.3 is 12.0 Å².